The molecule has 0 saturated carbocycles. The average molecular weight is 249 g/mol. The Balaban J connectivity index is 2.66. The van der Waals surface area contributed by atoms with Crippen LogP contribution >= 0.6 is 11.6 Å². The molecule has 0 aliphatic carbocycles. The molecule has 0 fully saturated rings. The van der Waals surface area contributed by atoms with Crippen LogP contribution < -0.4 is 5.73 Å². The number of nitrogens with zero attached hydrogens (tertiary/aromatic N) is 1. The van der Waals surface area contributed by atoms with Crippen molar-refractivity contribution in [3.63, 3.8) is 0 Å². The molecule has 16 heavy (non-hydrogen) atoms. The van der Waals surface area contributed by atoms with E-state index in [0.717, 1.165) is 12.1 Å². The van der Waals surface area contributed by atoms with Crippen LogP contribution in [0.5, 0.6) is 0 Å². The Bertz CT molecular complexity index is 556. The molecule has 0 radical (unpaired) electrons. The SMILES string of the molecule is Nc1cc(-c2cc(F)c(Cl)c(F)c2F)no1. The number of halogens is 4. The lowest BCUT2D eigenvalue weighted by atomic mass is 10.1. The number of hydrogen-bond donors (Lipinski definition) is 1. The molecule has 0 aliphatic heterocycles. The van der Waals surface area contributed by atoms with Gasteiger partial charge >= 0.3 is 0 Å². The number of benzene rings is 1. The highest BCUT2D eigenvalue weighted by Crippen LogP contribution is 2.30. The van der Waals surface area contributed by atoms with Crippen LogP contribution in [0.4, 0.5) is 19.1 Å². The van der Waals surface area contributed by atoms with Crippen LogP contribution in [0.25, 0.3) is 11.3 Å². The minimum absolute atomic E-state index is 0.0924. The quantitative estimate of drug-likeness (QED) is 0.623. The largest absolute Gasteiger partial charge is 0.368 e. The Kier molecular flexibility index (Phi) is 2.51. The van der Waals surface area contributed by atoms with Gasteiger partial charge in [-0.3, -0.25) is 0 Å². The maximum atomic E-state index is 13.4. The third-order valence-electron chi connectivity index (χ3n) is 1.91. The third kappa shape index (κ3) is 1.61. The third-order valence-corrected chi connectivity index (χ3v) is 2.25. The fraction of sp³-hybridized carbons (Fsp3) is 0. The van der Waals surface area contributed by atoms with E-state index < -0.39 is 28.0 Å². The first-order chi connectivity index (χ1) is 7.50. The number of hydrogen-bond acceptors (Lipinski definition) is 3. The van der Waals surface area contributed by atoms with E-state index in [1.54, 1.807) is 0 Å². The van der Waals surface area contributed by atoms with Crippen molar-refractivity contribution < 1.29 is 17.7 Å². The lowest BCUT2D eigenvalue weighted by Crippen LogP contribution is -1.94. The van der Waals surface area contributed by atoms with E-state index in [1.165, 1.54) is 0 Å². The summed E-state index contributed by atoms with van der Waals surface area (Å²) >= 11 is 5.19. The topological polar surface area (TPSA) is 52.0 Å². The zero-order valence-electron chi connectivity index (χ0n) is 7.60. The summed E-state index contributed by atoms with van der Waals surface area (Å²) in [5, 5.41) is 2.44. The highest BCUT2D eigenvalue weighted by atomic mass is 35.5. The van der Waals surface area contributed by atoms with Gasteiger partial charge < -0.3 is 10.3 Å². The molecule has 7 heteroatoms. The summed E-state index contributed by atoms with van der Waals surface area (Å²) in [6.45, 7) is 0. The molecule has 0 aliphatic rings. The van der Waals surface area contributed by atoms with Gasteiger partial charge in [-0.1, -0.05) is 16.8 Å². The first-order valence-corrected chi connectivity index (χ1v) is 4.44. The molecule has 0 saturated heterocycles. The molecule has 2 rings (SSSR count). The summed E-state index contributed by atoms with van der Waals surface area (Å²) in [5.41, 5.74) is 4.70. The number of nitrogens with two attached hydrogens (primary N) is 1. The van der Waals surface area contributed by atoms with E-state index in [-0.39, 0.29) is 11.6 Å². The average Bonchev–Trinajstić information content (AvgIpc) is 2.67. The smallest absolute Gasteiger partial charge is 0.222 e. The van der Waals surface area contributed by atoms with Gasteiger partial charge in [-0.05, 0) is 6.07 Å². The predicted octanol–water partition coefficient (Wildman–Crippen LogP) is 2.99. The van der Waals surface area contributed by atoms with Crippen molar-refractivity contribution in [1.29, 1.82) is 0 Å². The Labute approximate surface area is 92.6 Å². The molecule has 0 amide bonds. The fourth-order valence-electron chi connectivity index (χ4n) is 1.18. The molecule has 1 aromatic heterocycles. The Morgan fingerprint density at radius 2 is 1.88 bits per heavy atom. The van der Waals surface area contributed by atoms with Crippen molar-refractivity contribution in [1.82, 2.24) is 5.16 Å². The summed E-state index contributed by atoms with van der Waals surface area (Å²) in [6, 6.07) is 1.86. The highest BCUT2D eigenvalue weighted by Gasteiger charge is 2.20. The molecule has 2 N–H and O–H groups in total. The first kappa shape index (κ1) is 10.8. The summed E-state index contributed by atoms with van der Waals surface area (Å²) in [4.78, 5) is 0. The van der Waals surface area contributed by atoms with Crippen molar-refractivity contribution in [2.45, 2.75) is 0 Å². The van der Waals surface area contributed by atoms with Crippen molar-refractivity contribution in [3.05, 3.63) is 34.6 Å². The van der Waals surface area contributed by atoms with Gasteiger partial charge in [0.25, 0.3) is 0 Å². The maximum Gasteiger partial charge on any atom is 0.222 e. The van der Waals surface area contributed by atoms with Crippen LogP contribution in [0.3, 0.4) is 0 Å². The number of rotatable bonds is 1. The Morgan fingerprint density at radius 3 is 2.44 bits per heavy atom. The molecule has 2 aromatic rings. The van der Waals surface area contributed by atoms with E-state index in [2.05, 4.69) is 9.68 Å². The number of nitrogen functional groups attached to an aromatic ring is 1. The molecule has 3 nitrogen and oxygen atoms in total. The molecule has 1 heterocycles. The zero-order chi connectivity index (χ0) is 11.9. The predicted molar refractivity (Wildman–Crippen MR) is 51.2 cm³/mol. The minimum atomic E-state index is -1.47. The molecule has 1 aromatic carbocycles. The molecule has 0 unspecified atom stereocenters. The van der Waals surface area contributed by atoms with Crippen molar-refractivity contribution in [3.8, 4) is 11.3 Å². The van der Waals surface area contributed by atoms with Gasteiger partial charge in [-0.15, -0.1) is 0 Å². The van der Waals surface area contributed by atoms with Crippen LogP contribution in [0, 0.1) is 17.5 Å². The van der Waals surface area contributed by atoms with Gasteiger partial charge in [0.05, 0.1) is 0 Å². The van der Waals surface area contributed by atoms with Gasteiger partial charge in [0.1, 0.15) is 16.5 Å². The standard InChI is InChI=1S/C9H4ClF3N2O/c10-7-4(11)1-3(8(12)9(7)13)5-2-6(14)16-15-5/h1-2H,14H2. The van der Waals surface area contributed by atoms with Crippen molar-refractivity contribution in [2.75, 3.05) is 5.73 Å². The summed E-state index contributed by atoms with van der Waals surface area (Å²) in [6.07, 6.45) is 0. The van der Waals surface area contributed by atoms with Crippen molar-refractivity contribution in [2.24, 2.45) is 0 Å². The second kappa shape index (κ2) is 3.71. The van der Waals surface area contributed by atoms with Crippen LogP contribution in [-0.4, -0.2) is 5.16 Å². The highest BCUT2D eigenvalue weighted by molar-refractivity contribution is 6.31. The van der Waals surface area contributed by atoms with E-state index in [4.69, 9.17) is 17.3 Å². The van der Waals surface area contributed by atoms with E-state index in [1.807, 2.05) is 0 Å². The van der Waals surface area contributed by atoms with E-state index in [9.17, 15) is 13.2 Å². The monoisotopic (exact) mass is 248 g/mol. The number of aromatic nitrogens is 1. The van der Waals surface area contributed by atoms with E-state index >= 15 is 0 Å². The molecule has 84 valence electrons. The van der Waals surface area contributed by atoms with Crippen molar-refractivity contribution >= 4 is 17.5 Å². The van der Waals surface area contributed by atoms with E-state index in [0.29, 0.717) is 0 Å². The van der Waals surface area contributed by atoms with Gasteiger partial charge in [-0.2, -0.15) is 0 Å². The van der Waals surface area contributed by atoms with Crippen LogP contribution in [0.15, 0.2) is 16.7 Å². The Hall–Kier alpha value is -1.69. The van der Waals surface area contributed by atoms with Gasteiger partial charge in [0.15, 0.2) is 11.6 Å². The first-order valence-electron chi connectivity index (χ1n) is 4.06. The summed E-state index contributed by atoms with van der Waals surface area (Å²) < 4.78 is 44.0. The minimum Gasteiger partial charge on any atom is -0.368 e. The fourth-order valence-corrected chi connectivity index (χ4v) is 1.31. The molecule has 0 atom stereocenters. The second-order valence-corrected chi connectivity index (χ2v) is 3.34. The zero-order valence-corrected chi connectivity index (χ0v) is 8.36. The van der Waals surface area contributed by atoms with Crippen LogP contribution in [0.2, 0.25) is 5.02 Å². The van der Waals surface area contributed by atoms with Crippen LogP contribution in [0.1, 0.15) is 0 Å². The normalized spacial score (nSPS) is 10.8. The maximum absolute atomic E-state index is 13.4. The summed E-state index contributed by atoms with van der Waals surface area (Å²) in [7, 11) is 0. The number of anilines is 1. The Morgan fingerprint density at radius 1 is 1.19 bits per heavy atom. The molecule has 0 bridgehead atoms. The van der Waals surface area contributed by atoms with Crippen LogP contribution in [-0.2, 0) is 0 Å². The van der Waals surface area contributed by atoms with Gasteiger partial charge in [0.2, 0.25) is 5.88 Å². The summed E-state index contributed by atoms with van der Waals surface area (Å²) in [5.74, 6) is -3.96. The molecular formula is C9H4ClF3N2O. The second-order valence-electron chi connectivity index (χ2n) is 2.96. The van der Waals surface area contributed by atoms with Gasteiger partial charge in [-0.25, -0.2) is 13.2 Å². The lowest BCUT2D eigenvalue weighted by Gasteiger charge is -2.02. The molecular weight excluding hydrogens is 245 g/mol. The van der Waals surface area contributed by atoms with Gasteiger partial charge in [0, 0.05) is 11.6 Å². The lowest BCUT2D eigenvalue weighted by molar-refractivity contribution is 0.437. The molecule has 0 spiro atoms.